The number of nitrogens with one attached hydrogen (secondary N) is 2. The number of halogens is 1. The van der Waals surface area contributed by atoms with Crippen molar-refractivity contribution in [2.45, 2.75) is 82.7 Å². The van der Waals surface area contributed by atoms with E-state index in [-0.39, 0.29) is 24.6 Å². The fourth-order valence-electron chi connectivity index (χ4n) is 6.03. The Morgan fingerprint density at radius 3 is 2.30 bits per heavy atom. The molecule has 0 bridgehead atoms. The summed E-state index contributed by atoms with van der Waals surface area (Å²) < 4.78 is 40.7. The molecule has 1 unspecified atom stereocenters. The maximum atomic E-state index is 13.3. The quantitative estimate of drug-likeness (QED) is 0.408. The largest absolute Gasteiger partial charge is 0.365 e. The van der Waals surface area contributed by atoms with Crippen LogP contribution in [0.5, 0.6) is 0 Å². The molecule has 2 heterocycles. The van der Waals surface area contributed by atoms with Crippen molar-refractivity contribution in [3.63, 3.8) is 0 Å². The van der Waals surface area contributed by atoms with Crippen molar-refractivity contribution in [2.24, 2.45) is 0 Å². The van der Waals surface area contributed by atoms with Crippen molar-refractivity contribution in [1.82, 2.24) is 5.32 Å². The van der Waals surface area contributed by atoms with E-state index in [1.165, 1.54) is 41.4 Å². The van der Waals surface area contributed by atoms with Crippen LogP contribution >= 0.6 is 0 Å². The third kappa shape index (κ3) is 6.22. The van der Waals surface area contributed by atoms with Crippen LogP contribution in [0.4, 0.5) is 15.8 Å². The Hall–Kier alpha value is -3.27. The van der Waals surface area contributed by atoms with Gasteiger partial charge in [-0.15, -0.1) is 0 Å². The van der Waals surface area contributed by atoms with Crippen molar-refractivity contribution >= 4 is 38.9 Å². The lowest BCUT2D eigenvalue weighted by Gasteiger charge is -2.27. The van der Waals surface area contributed by atoms with Gasteiger partial charge in [0.1, 0.15) is 5.82 Å². The van der Waals surface area contributed by atoms with Crippen LogP contribution in [0.3, 0.4) is 0 Å². The molecule has 5 rings (SSSR count). The minimum absolute atomic E-state index is 0.0227. The summed E-state index contributed by atoms with van der Waals surface area (Å²) in [4.78, 5) is 39.4. The van der Waals surface area contributed by atoms with Gasteiger partial charge in [-0.3, -0.25) is 18.7 Å². The minimum Gasteiger partial charge on any atom is -0.365 e. The highest BCUT2D eigenvalue weighted by molar-refractivity contribution is 7.93. The zero-order valence-corrected chi connectivity index (χ0v) is 23.4. The van der Waals surface area contributed by atoms with Crippen LogP contribution in [-0.4, -0.2) is 44.2 Å². The fraction of sp³-hybridized carbons (Fsp3) is 0.500. The summed E-state index contributed by atoms with van der Waals surface area (Å²) in [5, 5.41) is 5.64. The monoisotopic (exact) mass is 569 g/mol. The van der Waals surface area contributed by atoms with Gasteiger partial charge >= 0.3 is 0 Å². The van der Waals surface area contributed by atoms with Crippen LogP contribution in [0.1, 0.15) is 80.4 Å². The molecule has 1 saturated heterocycles. The normalized spacial score (nSPS) is 21.9. The topological polar surface area (TPSA) is 113 Å². The maximum Gasteiger partial charge on any atom is 0.251 e. The molecule has 2 N–H and O–H groups in total. The summed E-state index contributed by atoms with van der Waals surface area (Å²) in [6.45, 7) is 0.341. The summed E-state index contributed by atoms with van der Waals surface area (Å²) >= 11 is 0. The Morgan fingerprint density at radius 2 is 1.65 bits per heavy atom. The first-order valence-electron chi connectivity index (χ1n) is 14.3. The lowest BCUT2D eigenvalue weighted by atomic mass is 9.87. The van der Waals surface area contributed by atoms with Gasteiger partial charge in [0.05, 0.1) is 17.1 Å². The molecule has 1 atom stereocenters. The van der Waals surface area contributed by atoms with E-state index in [0.717, 1.165) is 44.1 Å². The van der Waals surface area contributed by atoms with Gasteiger partial charge in [0, 0.05) is 19.5 Å². The summed E-state index contributed by atoms with van der Waals surface area (Å²) in [7, 11) is -3.57. The van der Waals surface area contributed by atoms with Crippen molar-refractivity contribution in [2.75, 3.05) is 21.9 Å². The molecule has 2 fully saturated rings. The SMILES string of the molecule is O=C1Cc2cc(C3CCCCCCCC3)cc(N3CCCS3(=O)=O)c2NC(C(=O)NCc2ccc(F)cc2)C1=O. The van der Waals surface area contributed by atoms with Gasteiger partial charge in [-0.1, -0.05) is 56.7 Å². The second-order valence-corrected chi connectivity index (χ2v) is 13.1. The number of carbonyl (C=O) groups excluding carboxylic acids is 3. The molecule has 40 heavy (non-hydrogen) atoms. The summed E-state index contributed by atoms with van der Waals surface area (Å²) in [5.41, 5.74) is 2.91. The molecule has 3 aliphatic rings. The molecule has 1 saturated carbocycles. The number of hydrogen-bond donors (Lipinski definition) is 2. The van der Waals surface area contributed by atoms with Gasteiger partial charge in [0.2, 0.25) is 21.6 Å². The van der Waals surface area contributed by atoms with Gasteiger partial charge in [0.25, 0.3) is 5.91 Å². The van der Waals surface area contributed by atoms with Crippen LogP contribution in [-0.2, 0) is 37.4 Å². The van der Waals surface area contributed by atoms with Gasteiger partial charge in [-0.2, -0.15) is 0 Å². The molecule has 0 spiro atoms. The number of ketones is 2. The number of rotatable bonds is 5. The highest BCUT2D eigenvalue weighted by atomic mass is 32.2. The highest BCUT2D eigenvalue weighted by Crippen LogP contribution is 2.41. The second kappa shape index (κ2) is 12.1. The van der Waals surface area contributed by atoms with Crippen molar-refractivity contribution in [3.8, 4) is 0 Å². The second-order valence-electron chi connectivity index (χ2n) is 11.1. The molecular weight excluding hydrogens is 533 g/mol. The fourth-order valence-corrected chi connectivity index (χ4v) is 7.60. The van der Waals surface area contributed by atoms with Crippen molar-refractivity contribution in [1.29, 1.82) is 0 Å². The average molecular weight is 570 g/mol. The van der Waals surface area contributed by atoms with E-state index < -0.39 is 39.4 Å². The summed E-state index contributed by atoms with van der Waals surface area (Å²) in [6.07, 6.45) is 9.19. The maximum absolute atomic E-state index is 13.3. The van der Waals surface area contributed by atoms with E-state index in [2.05, 4.69) is 10.6 Å². The molecular formula is C30H36FN3O5S. The molecule has 10 heteroatoms. The van der Waals surface area contributed by atoms with Gasteiger partial charge < -0.3 is 10.6 Å². The number of nitrogens with zero attached hydrogens (tertiary/aromatic N) is 1. The molecule has 2 aromatic rings. The van der Waals surface area contributed by atoms with E-state index in [0.29, 0.717) is 35.5 Å². The first-order chi connectivity index (χ1) is 19.2. The van der Waals surface area contributed by atoms with Crippen LogP contribution < -0.4 is 14.9 Å². The predicted molar refractivity (Wildman–Crippen MR) is 151 cm³/mol. The number of amides is 1. The Morgan fingerprint density at radius 1 is 0.975 bits per heavy atom. The minimum atomic E-state index is -3.57. The first-order valence-corrected chi connectivity index (χ1v) is 15.9. The number of sulfonamides is 1. The molecule has 0 aromatic heterocycles. The van der Waals surface area contributed by atoms with E-state index in [1.54, 1.807) is 0 Å². The third-order valence-electron chi connectivity index (χ3n) is 8.23. The van der Waals surface area contributed by atoms with E-state index in [9.17, 15) is 27.2 Å². The summed E-state index contributed by atoms with van der Waals surface area (Å²) in [6, 6.07) is 7.91. The third-order valence-corrected chi connectivity index (χ3v) is 10.1. The smallest absolute Gasteiger partial charge is 0.251 e. The number of carbonyl (C=O) groups is 3. The molecule has 8 nitrogen and oxygen atoms in total. The zero-order valence-electron chi connectivity index (χ0n) is 22.6. The van der Waals surface area contributed by atoms with Crippen molar-refractivity contribution in [3.05, 3.63) is 58.9 Å². The molecule has 1 aliphatic carbocycles. The molecule has 0 radical (unpaired) electrons. The Balaban J connectivity index is 1.50. The van der Waals surface area contributed by atoms with Crippen LogP contribution in [0.15, 0.2) is 36.4 Å². The molecule has 2 aliphatic heterocycles. The van der Waals surface area contributed by atoms with Gasteiger partial charge in [-0.25, -0.2) is 12.8 Å². The van der Waals surface area contributed by atoms with Crippen LogP contribution in [0.25, 0.3) is 0 Å². The predicted octanol–water partition coefficient (Wildman–Crippen LogP) is 4.37. The lowest BCUT2D eigenvalue weighted by Crippen LogP contribution is -2.46. The molecule has 2 aromatic carbocycles. The number of hydrogen-bond acceptors (Lipinski definition) is 6. The highest BCUT2D eigenvalue weighted by Gasteiger charge is 2.39. The lowest BCUT2D eigenvalue weighted by molar-refractivity contribution is -0.139. The Kier molecular flexibility index (Phi) is 8.54. The van der Waals surface area contributed by atoms with Crippen LogP contribution in [0.2, 0.25) is 0 Å². The van der Waals surface area contributed by atoms with E-state index >= 15 is 0 Å². The Bertz CT molecular complexity index is 1380. The number of anilines is 2. The van der Waals surface area contributed by atoms with Crippen LogP contribution in [0, 0.1) is 5.82 Å². The van der Waals surface area contributed by atoms with E-state index in [4.69, 9.17) is 0 Å². The molecule has 214 valence electrons. The number of benzene rings is 2. The Labute approximate surface area is 234 Å². The number of fused-ring (bicyclic) bond motifs is 1. The average Bonchev–Trinajstić information content (AvgIpc) is 3.30. The standard InChI is InChI=1S/C30H36FN3O5S/c31-24-12-10-20(11-13-24)19-32-30(37)28-29(36)26(35)18-23-16-22(21-8-5-3-1-2-4-6-9-21)17-25(27(23)33-28)34-14-7-15-40(34,38)39/h10-13,16-17,21,28,33H,1-9,14-15,18-19H2,(H,32,37). The summed E-state index contributed by atoms with van der Waals surface area (Å²) in [5.74, 6) is -2.42. The number of Topliss-reactive ketones (excluding diaryl/α,β-unsaturated/α-hetero) is 2. The van der Waals surface area contributed by atoms with Gasteiger partial charge in [-0.05, 0) is 60.1 Å². The zero-order chi connectivity index (χ0) is 28.3. The van der Waals surface area contributed by atoms with E-state index in [1.807, 2.05) is 12.1 Å². The van der Waals surface area contributed by atoms with Crippen molar-refractivity contribution < 1.29 is 27.2 Å². The first kappa shape index (κ1) is 28.3. The van der Waals surface area contributed by atoms with Gasteiger partial charge in [0.15, 0.2) is 6.04 Å². The molecule has 1 amide bonds.